The number of aromatic nitrogens is 3. The maximum atomic E-state index is 15.8. The highest BCUT2D eigenvalue weighted by molar-refractivity contribution is 6.00. The average Bonchev–Trinajstić information content (AvgIpc) is 3.39. The van der Waals surface area contributed by atoms with Gasteiger partial charge in [-0.25, -0.2) is 13.2 Å². The van der Waals surface area contributed by atoms with Crippen molar-refractivity contribution in [1.29, 1.82) is 0 Å². The van der Waals surface area contributed by atoms with E-state index in [1.165, 1.54) is 12.3 Å². The molecule has 0 bridgehead atoms. The van der Waals surface area contributed by atoms with E-state index in [1.54, 1.807) is 29.7 Å². The van der Waals surface area contributed by atoms with E-state index in [0.29, 0.717) is 53.9 Å². The van der Waals surface area contributed by atoms with Gasteiger partial charge in [0, 0.05) is 46.8 Å². The number of fused-ring (bicyclic) bond motifs is 2. The number of benzene rings is 2. The van der Waals surface area contributed by atoms with E-state index in [4.69, 9.17) is 4.74 Å². The fraction of sp³-hybridized carbons (Fsp3) is 0.333. The zero-order valence-electron chi connectivity index (χ0n) is 17.9. The van der Waals surface area contributed by atoms with Crippen LogP contribution in [-0.4, -0.2) is 39.1 Å². The molecule has 9 heteroatoms. The molecule has 6 nitrogen and oxygen atoms in total. The number of nitrogens with one attached hydrogen (secondary N) is 1. The van der Waals surface area contributed by atoms with Crippen LogP contribution >= 0.6 is 0 Å². The van der Waals surface area contributed by atoms with Crippen molar-refractivity contribution >= 4 is 27.8 Å². The fourth-order valence-corrected chi connectivity index (χ4v) is 4.84. The van der Waals surface area contributed by atoms with Gasteiger partial charge in [0.1, 0.15) is 17.5 Å². The minimum Gasteiger partial charge on any atom is -0.481 e. The summed E-state index contributed by atoms with van der Waals surface area (Å²) >= 11 is 0. The summed E-state index contributed by atoms with van der Waals surface area (Å²) in [4.78, 5) is 11.4. The van der Waals surface area contributed by atoms with Crippen molar-refractivity contribution in [2.24, 2.45) is 0 Å². The second-order valence-corrected chi connectivity index (χ2v) is 8.44. The van der Waals surface area contributed by atoms with E-state index in [9.17, 15) is 14.3 Å². The largest absolute Gasteiger partial charge is 0.481 e. The first-order chi connectivity index (χ1) is 15.9. The minimum atomic E-state index is -1.93. The number of carbonyl (C=O) groups is 1. The monoisotopic (exact) mass is 457 g/mol. The van der Waals surface area contributed by atoms with Crippen molar-refractivity contribution in [3.63, 3.8) is 0 Å². The summed E-state index contributed by atoms with van der Waals surface area (Å²) < 4.78 is 52.7. The van der Waals surface area contributed by atoms with E-state index >= 15 is 8.78 Å². The number of aliphatic carboxylic acids is 1. The molecule has 5 rings (SSSR count). The Labute approximate surface area is 187 Å². The molecule has 2 aromatic heterocycles. The molecule has 0 amide bonds. The van der Waals surface area contributed by atoms with Crippen molar-refractivity contribution in [1.82, 2.24) is 14.8 Å². The number of aryl methyl sites for hydroxylation is 1. The van der Waals surface area contributed by atoms with Gasteiger partial charge in [-0.15, -0.1) is 0 Å². The number of H-pyrrole nitrogens is 1. The van der Waals surface area contributed by atoms with Crippen LogP contribution in [0.5, 0.6) is 0 Å². The smallest absolute Gasteiger partial charge is 0.306 e. The zero-order chi connectivity index (χ0) is 23.3. The van der Waals surface area contributed by atoms with E-state index in [0.717, 1.165) is 0 Å². The highest BCUT2D eigenvalue weighted by Gasteiger charge is 2.34. The fourth-order valence-electron chi connectivity index (χ4n) is 4.84. The molecule has 2 N–H and O–H groups in total. The Hall–Kier alpha value is -3.33. The molecule has 172 valence electrons. The van der Waals surface area contributed by atoms with Crippen molar-refractivity contribution in [2.75, 3.05) is 13.2 Å². The Morgan fingerprint density at radius 2 is 2.06 bits per heavy atom. The number of hydrogen-bond acceptors (Lipinski definition) is 3. The number of rotatable bonds is 5. The van der Waals surface area contributed by atoms with Gasteiger partial charge in [0.05, 0.1) is 18.1 Å². The topological polar surface area (TPSA) is 80.1 Å². The Morgan fingerprint density at radius 3 is 2.76 bits per heavy atom. The maximum Gasteiger partial charge on any atom is 0.306 e. The molecule has 4 aromatic rings. The van der Waals surface area contributed by atoms with Gasteiger partial charge in [-0.3, -0.25) is 9.89 Å². The lowest BCUT2D eigenvalue weighted by atomic mass is 9.90. The predicted octanol–water partition coefficient (Wildman–Crippen LogP) is 5.47. The van der Waals surface area contributed by atoms with Crippen LogP contribution in [0.2, 0.25) is 0 Å². The highest BCUT2D eigenvalue weighted by atomic mass is 19.1. The summed E-state index contributed by atoms with van der Waals surface area (Å²) in [5.74, 6) is -2.58. The Morgan fingerprint density at radius 1 is 1.30 bits per heavy atom. The Balaban J connectivity index is 1.92. The molecular weight excluding hydrogens is 435 g/mol. The number of carboxylic acids is 1. The van der Waals surface area contributed by atoms with Crippen molar-refractivity contribution in [2.45, 2.75) is 38.3 Å². The quantitative estimate of drug-likeness (QED) is 0.416. The van der Waals surface area contributed by atoms with Gasteiger partial charge in [-0.2, -0.15) is 5.10 Å². The number of hydrogen-bond donors (Lipinski definition) is 2. The third-order valence-electron chi connectivity index (χ3n) is 6.36. The number of ether oxygens (including phenoxy) is 1. The SMILES string of the molecule is Cc1cc(-n2c(C3CCOCC3)c([C@H](F)CC(=O)O)c3c(F)c4[nH]ncc4cc32)ccc1F. The zero-order valence-corrected chi connectivity index (χ0v) is 17.9. The molecule has 1 aliphatic heterocycles. The van der Waals surface area contributed by atoms with Gasteiger partial charge in [-0.05, 0) is 49.6 Å². The van der Waals surface area contributed by atoms with E-state index < -0.39 is 24.4 Å². The first-order valence-electron chi connectivity index (χ1n) is 10.8. The molecule has 2 aromatic carbocycles. The van der Waals surface area contributed by atoms with Gasteiger partial charge in [0.15, 0.2) is 5.82 Å². The molecule has 1 saturated heterocycles. The Bertz CT molecular complexity index is 1370. The number of aromatic amines is 1. The van der Waals surface area contributed by atoms with E-state index in [1.807, 2.05) is 0 Å². The molecule has 0 spiro atoms. The number of halogens is 3. The second kappa shape index (κ2) is 8.22. The van der Waals surface area contributed by atoms with Crippen LogP contribution in [0.3, 0.4) is 0 Å². The van der Waals surface area contributed by atoms with Gasteiger partial charge in [-0.1, -0.05) is 0 Å². The lowest BCUT2D eigenvalue weighted by Crippen LogP contribution is -2.19. The molecule has 0 radical (unpaired) electrons. The van der Waals surface area contributed by atoms with Crippen LogP contribution in [0.1, 0.15) is 48.2 Å². The minimum absolute atomic E-state index is 0.0176. The lowest BCUT2D eigenvalue weighted by Gasteiger charge is -2.26. The van der Waals surface area contributed by atoms with Crippen molar-refractivity contribution in [3.8, 4) is 5.69 Å². The van der Waals surface area contributed by atoms with Gasteiger partial charge >= 0.3 is 5.97 Å². The molecule has 0 unspecified atom stereocenters. The van der Waals surface area contributed by atoms with Crippen LogP contribution in [0.4, 0.5) is 13.2 Å². The van der Waals surface area contributed by atoms with Gasteiger partial charge < -0.3 is 14.4 Å². The van der Waals surface area contributed by atoms with E-state index in [-0.39, 0.29) is 28.2 Å². The van der Waals surface area contributed by atoms with Crippen LogP contribution < -0.4 is 0 Å². The first-order valence-corrected chi connectivity index (χ1v) is 10.8. The average molecular weight is 457 g/mol. The van der Waals surface area contributed by atoms with Crippen LogP contribution in [0.25, 0.3) is 27.5 Å². The number of carboxylic acid groups (broad SMARTS) is 1. The maximum absolute atomic E-state index is 15.8. The summed E-state index contributed by atoms with van der Waals surface area (Å²) in [6.45, 7) is 2.53. The Kier molecular flexibility index (Phi) is 5.36. The van der Waals surface area contributed by atoms with Crippen LogP contribution in [0, 0.1) is 18.6 Å². The summed E-state index contributed by atoms with van der Waals surface area (Å²) in [7, 11) is 0. The summed E-state index contributed by atoms with van der Waals surface area (Å²) in [5, 5.41) is 16.3. The molecule has 1 atom stereocenters. The molecule has 0 saturated carbocycles. The molecule has 3 heterocycles. The van der Waals surface area contributed by atoms with Crippen molar-refractivity contribution in [3.05, 3.63) is 58.9 Å². The summed E-state index contributed by atoms with van der Waals surface area (Å²) in [5.41, 5.74) is 1.98. The lowest BCUT2D eigenvalue weighted by molar-refractivity contribution is -0.138. The predicted molar refractivity (Wildman–Crippen MR) is 116 cm³/mol. The summed E-state index contributed by atoms with van der Waals surface area (Å²) in [6.07, 6.45) is -0.101. The summed E-state index contributed by atoms with van der Waals surface area (Å²) in [6, 6.07) is 6.22. The number of alkyl halides is 1. The van der Waals surface area contributed by atoms with Crippen molar-refractivity contribution < 1.29 is 27.8 Å². The molecular formula is C24H22F3N3O3. The number of nitrogens with zero attached hydrogens (tertiary/aromatic N) is 2. The standard InChI is InChI=1S/C24H22F3N3O3/c1-12-8-15(2-3-16(12)25)30-18-9-14-11-28-29-23(14)22(27)21(18)20(17(26)10-19(31)32)24(30)13-4-6-33-7-5-13/h2-3,8-9,11,13,17H,4-7,10H2,1H3,(H,28,29)(H,31,32)/t17-/m1/s1. The van der Waals surface area contributed by atoms with Crippen LogP contribution in [0.15, 0.2) is 30.5 Å². The normalized spacial score (nSPS) is 16.0. The van der Waals surface area contributed by atoms with Crippen LogP contribution in [-0.2, 0) is 9.53 Å². The third kappa shape index (κ3) is 3.56. The molecule has 33 heavy (non-hydrogen) atoms. The third-order valence-corrected chi connectivity index (χ3v) is 6.36. The second-order valence-electron chi connectivity index (χ2n) is 8.44. The van der Waals surface area contributed by atoms with E-state index in [2.05, 4.69) is 10.2 Å². The van der Waals surface area contributed by atoms with Gasteiger partial charge in [0.2, 0.25) is 0 Å². The first kappa shape index (κ1) is 21.5. The highest BCUT2D eigenvalue weighted by Crippen LogP contribution is 2.45. The van der Waals surface area contributed by atoms with Gasteiger partial charge in [0.25, 0.3) is 0 Å². The molecule has 1 aliphatic rings. The molecule has 0 aliphatic carbocycles. The molecule has 1 fully saturated rings.